The highest BCUT2D eigenvalue weighted by molar-refractivity contribution is 5.92. The van der Waals surface area contributed by atoms with E-state index >= 15 is 0 Å². The van der Waals surface area contributed by atoms with E-state index in [-0.39, 0.29) is 11.9 Å². The van der Waals surface area contributed by atoms with Crippen LogP contribution in [-0.2, 0) is 7.05 Å². The summed E-state index contributed by atoms with van der Waals surface area (Å²) in [6.07, 6.45) is 8.96. The largest absolute Gasteiger partial charge is 0.353 e. The number of aromatic nitrogens is 5. The van der Waals surface area contributed by atoms with Crippen molar-refractivity contribution in [2.45, 2.75) is 18.9 Å². The Bertz CT molecular complexity index is 868. The molecule has 24 heavy (non-hydrogen) atoms. The minimum Gasteiger partial charge on any atom is -0.353 e. The van der Waals surface area contributed by atoms with Gasteiger partial charge in [0.2, 0.25) is 0 Å². The lowest BCUT2D eigenvalue weighted by Gasteiger charge is -2.34. The third-order valence-electron chi connectivity index (χ3n) is 4.41. The molecule has 1 atom stereocenters. The number of carbonyl (C=O) groups excluding carboxylic acids is 1. The van der Waals surface area contributed by atoms with Gasteiger partial charge < -0.3 is 10.2 Å². The van der Waals surface area contributed by atoms with Crippen LogP contribution in [0.15, 0.2) is 36.9 Å². The minimum atomic E-state index is -0.0858. The molecule has 0 saturated carbocycles. The fraction of sp³-hybridized carbons (Fsp3) is 0.375. The molecule has 1 aliphatic heterocycles. The lowest BCUT2D eigenvalue weighted by Crippen LogP contribution is -2.48. The maximum atomic E-state index is 12.4. The fourth-order valence-corrected chi connectivity index (χ4v) is 3.23. The molecule has 8 heteroatoms. The van der Waals surface area contributed by atoms with E-state index in [4.69, 9.17) is 0 Å². The van der Waals surface area contributed by atoms with Gasteiger partial charge in [-0.3, -0.25) is 9.48 Å². The molecular formula is C16H19N7O. The second-order valence-corrected chi connectivity index (χ2v) is 6.01. The Morgan fingerprint density at radius 1 is 1.25 bits per heavy atom. The third-order valence-corrected chi connectivity index (χ3v) is 4.41. The molecule has 0 aliphatic carbocycles. The van der Waals surface area contributed by atoms with Gasteiger partial charge in [-0.05, 0) is 25.0 Å². The zero-order valence-electron chi connectivity index (χ0n) is 13.5. The second kappa shape index (κ2) is 5.95. The molecule has 0 radical (unpaired) electrons. The Morgan fingerprint density at radius 2 is 2.12 bits per heavy atom. The molecular weight excluding hydrogens is 306 g/mol. The maximum Gasteiger partial charge on any atom is 0.269 e. The zero-order valence-corrected chi connectivity index (χ0v) is 13.5. The average molecular weight is 325 g/mol. The van der Waals surface area contributed by atoms with Crippen LogP contribution in [0.25, 0.3) is 5.52 Å². The molecule has 0 spiro atoms. The van der Waals surface area contributed by atoms with Gasteiger partial charge in [-0.25, -0.2) is 9.50 Å². The minimum absolute atomic E-state index is 0.0858. The van der Waals surface area contributed by atoms with E-state index in [0.717, 1.165) is 37.3 Å². The van der Waals surface area contributed by atoms with Gasteiger partial charge >= 0.3 is 0 Å². The summed E-state index contributed by atoms with van der Waals surface area (Å²) in [6, 6.07) is 3.77. The fourth-order valence-electron chi connectivity index (χ4n) is 3.23. The molecule has 1 unspecified atom stereocenters. The van der Waals surface area contributed by atoms with Gasteiger partial charge in [-0.2, -0.15) is 10.2 Å². The third kappa shape index (κ3) is 2.60. The van der Waals surface area contributed by atoms with Crippen LogP contribution in [0.1, 0.15) is 23.3 Å². The smallest absolute Gasteiger partial charge is 0.269 e. The van der Waals surface area contributed by atoms with Crippen LogP contribution < -0.4 is 10.2 Å². The Hall–Kier alpha value is -2.90. The topological polar surface area (TPSA) is 80.4 Å². The molecule has 8 nitrogen and oxygen atoms in total. The van der Waals surface area contributed by atoms with Crippen LogP contribution in [0, 0.1) is 0 Å². The first-order valence-electron chi connectivity index (χ1n) is 8.04. The van der Waals surface area contributed by atoms with Gasteiger partial charge in [0.15, 0.2) is 5.82 Å². The first-order chi connectivity index (χ1) is 11.7. The number of fused-ring (bicyclic) bond motifs is 1. The van der Waals surface area contributed by atoms with Crippen molar-refractivity contribution >= 4 is 17.2 Å². The van der Waals surface area contributed by atoms with E-state index in [9.17, 15) is 4.79 Å². The number of hydrogen-bond donors (Lipinski definition) is 1. The van der Waals surface area contributed by atoms with Gasteiger partial charge in [0, 0.05) is 44.8 Å². The second-order valence-electron chi connectivity index (χ2n) is 6.01. The monoisotopic (exact) mass is 325 g/mol. The summed E-state index contributed by atoms with van der Waals surface area (Å²) in [7, 11) is 1.77. The normalized spacial score (nSPS) is 18.0. The summed E-state index contributed by atoms with van der Waals surface area (Å²) < 4.78 is 3.41. The molecule has 1 N–H and O–H groups in total. The molecule has 1 fully saturated rings. The highest BCUT2D eigenvalue weighted by Crippen LogP contribution is 2.22. The SMILES string of the molecule is Cn1nccc1C(=O)NC1CCCN(c2nccn3nccc23)C1. The van der Waals surface area contributed by atoms with Gasteiger partial charge in [-0.15, -0.1) is 0 Å². The summed E-state index contributed by atoms with van der Waals surface area (Å²) in [5.74, 6) is 0.826. The van der Waals surface area contributed by atoms with Crippen molar-refractivity contribution in [2.75, 3.05) is 18.0 Å². The Labute approximate surface area is 139 Å². The predicted octanol–water partition coefficient (Wildman–Crippen LogP) is 0.862. The number of carbonyl (C=O) groups is 1. The number of amides is 1. The molecule has 0 aromatic carbocycles. The standard InChI is InChI=1S/C16H19N7O/c1-21-14(5-6-18-21)16(24)20-12-3-2-9-22(11-12)15-13-4-7-19-23(13)10-8-17-15/h4-8,10,12H,2-3,9,11H2,1H3,(H,20,24). The summed E-state index contributed by atoms with van der Waals surface area (Å²) in [5.41, 5.74) is 1.55. The first-order valence-corrected chi connectivity index (χ1v) is 8.04. The maximum absolute atomic E-state index is 12.4. The van der Waals surface area contributed by atoms with E-state index in [1.54, 1.807) is 36.4 Å². The highest BCUT2D eigenvalue weighted by atomic mass is 16.2. The number of piperidine rings is 1. The van der Waals surface area contributed by atoms with Crippen molar-refractivity contribution in [2.24, 2.45) is 7.05 Å². The van der Waals surface area contributed by atoms with Crippen LogP contribution >= 0.6 is 0 Å². The Balaban J connectivity index is 1.51. The van der Waals surface area contributed by atoms with Crippen molar-refractivity contribution in [3.05, 3.63) is 42.6 Å². The lowest BCUT2D eigenvalue weighted by atomic mass is 10.1. The van der Waals surface area contributed by atoms with Gasteiger partial charge in [0.05, 0.1) is 6.20 Å². The molecule has 4 rings (SSSR count). The van der Waals surface area contributed by atoms with Crippen molar-refractivity contribution < 1.29 is 4.79 Å². The predicted molar refractivity (Wildman–Crippen MR) is 88.9 cm³/mol. The zero-order chi connectivity index (χ0) is 16.5. The lowest BCUT2D eigenvalue weighted by molar-refractivity contribution is 0.0923. The average Bonchev–Trinajstić information content (AvgIpc) is 3.23. The summed E-state index contributed by atoms with van der Waals surface area (Å²) >= 11 is 0. The molecule has 124 valence electrons. The van der Waals surface area contributed by atoms with E-state index in [2.05, 4.69) is 25.4 Å². The molecule has 1 saturated heterocycles. The van der Waals surface area contributed by atoms with Gasteiger partial charge in [0.25, 0.3) is 5.91 Å². The molecule has 0 bridgehead atoms. The van der Waals surface area contributed by atoms with Crippen LogP contribution in [0.2, 0.25) is 0 Å². The molecule has 4 heterocycles. The van der Waals surface area contributed by atoms with Crippen LogP contribution in [0.3, 0.4) is 0 Å². The number of nitrogens with zero attached hydrogens (tertiary/aromatic N) is 6. The first kappa shape index (κ1) is 14.7. The number of anilines is 1. The van der Waals surface area contributed by atoms with Crippen molar-refractivity contribution in [1.82, 2.24) is 29.7 Å². The van der Waals surface area contributed by atoms with E-state index in [1.165, 1.54) is 0 Å². The van der Waals surface area contributed by atoms with E-state index in [0.29, 0.717) is 5.69 Å². The molecule has 1 amide bonds. The molecule has 1 aliphatic rings. The number of rotatable bonds is 3. The van der Waals surface area contributed by atoms with Crippen LogP contribution in [-0.4, -0.2) is 49.4 Å². The van der Waals surface area contributed by atoms with Gasteiger partial charge in [0.1, 0.15) is 11.2 Å². The number of aryl methyl sites for hydroxylation is 1. The Morgan fingerprint density at radius 3 is 2.96 bits per heavy atom. The number of nitrogens with one attached hydrogen (secondary N) is 1. The van der Waals surface area contributed by atoms with Crippen LogP contribution in [0.5, 0.6) is 0 Å². The van der Waals surface area contributed by atoms with E-state index < -0.39 is 0 Å². The molecule has 3 aromatic rings. The van der Waals surface area contributed by atoms with Crippen LogP contribution in [0.4, 0.5) is 5.82 Å². The number of hydrogen-bond acceptors (Lipinski definition) is 5. The van der Waals surface area contributed by atoms with Crippen molar-refractivity contribution in [1.29, 1.82) is 0 Å². The summed E-state index contributed by atoms with van der Waals surface area (Å²) in [5, 5.41) is 11.4. The van der Waals surface area contributed by atoms with Gasteiger partial charge in [-0.1, -0.05) is 0 Å². The summed E-state index contributed by atoms with van der Waals surface area (Å²) in [4.78, 5) is 19.1. The van der Waals surface area contributed by atoms with Crippen molar-refractivity contribution in [3.8, 4) is 0 Å². The highest BCUT2D eigenvalue weighted by Gasteiger charge is 2.24. The quantitative estimate of drug-likeness (QED) is 0.772. The Kier molecular flexibility index (Phi) is 3.64. The van der Waals surface area contributed by atoms with E-state index in [1.807, 2.05) is 16.8 Å². The summed E-state index contributed by atoms with van der Waals surface area (Å²) in [6.45, 7) is 1.66. The van der Waals surface area contributed by atoms with Crippen molar-refractivity contribution in [3.63, 3.8) is 0 Å². The molecule has 3 aromatic heterocycles.